The molecule has 102 valence electrons. The van der Waals surface area contributed by atoms with Crippen molar-refractivity contribution in [2.45, 2.75) is 5.88 Å². The summed E-state index contributed by atoms with van der Waals surface area (Å²) < 4.78 is 20.5. The fourth-order valence-electron chi connectivity index (χ4n) is 2.24. The van der Waals surface area contributed by atoms with Crippen LogP contribution in [0, 0.1) is 5.82 Å². The highest BCUT2D eigenvalue weighted by molar-refractivity contribution is 6.17. The van der Waals surface area contributed by atoms with Crippen LogP contribution in [-0.2, 0) is 5.88 Å². The number of para-hydroxylation sites is 2. The molecule has 0 aliphatic carbocycles. The Kier molecular flexibility index (Phi) is 3.32. The van der Waals surface area contributed by atoms with Crippen LogP contribution in [0.1, 0.15) is 5.82 Å². The number of fused-ring (bicyclic) bond motifs is 1. The van der Waals surface area contributed by atoms with E-state index in [2.05, 4.69) is 4.98 Å². The van der Waals surface area contributed by atoms with Gasteiger partial charge in [-0.1, -0.05) is 12.1 Å². The molecule has 3 rings (SSSR count). The van der Waals surface area contributed by atoms with Gasteiger partial charge in [-0.3, -0.25) is 4.57 Å². The van der Waals surface area contributed by atoms with Gasteiger partial charge in [0.15, 0.2) is 11.6 Å². The van der Waals surface area contributed by atoms with Crippen molar-refractivity contribution in [2.24, 2.45) is 0 Å². The fourth-order valence-corrected chi connectivity index (χ4v) is 2.42. The van der Waals surface area contributed by atoms with Gasteiger partial charge < -0.3 is 4.74 Å². The second-order valence-electron chi connectivity index (χ2n) is 4.30. The van der Waals surface area contributed by atoms with Gasteiger partial charge in [-0.25, -0.2) is 9.37 Å². The van der Waals surface area contributed by atoms with Crippen LogP contribution < -0.4 is 4.74 Å². The van der Waals surface area contributed by atoms with Crippen molar-refractivity contribution >= 4 is 22.6 Å². The largest absolute Gasteiger partial charge is 0.494 e. The minimum Gasteiger partial charge on any atom is -0.494 e. The van der Waals surface area contributed by atoms with Crippen LogP contribution in [0.15, 0.2) is 42.5 Å². The Bertz CT molecular complexity index is 770. The number of alkyl halides is 1. The molecule has 3 aromatic rings. The second-order valence-corrected chi connectivity index (χ2v) is 4.57. The normalized spacial score (nSPS) is 10.9. The van der Waals surface area contributed by atoms with Crippen molar-refractivity contribution in [1.82, 2.24) is 9.55 Å². The fraction of sp³-hybridized carbons (Fsp3) is 0.133. The van der Waals surface area contributed by atoms with Crippen molar-refractivity contribution < 1.29 is 9.13 Å². The number of aromatic nitrogens is 2. The minimum absolute atomic E-state index is 0.195. The first-order valence-electron chi connectivity index (χ1n) is 6.11. The topological polar surface area (TPSA) is 27.1 Å². The number of hydrogen-bond acceptors (Lipinski definition) is 2. The maximum absolute atomic E-state index is 13.5. The van der Waals surface area contributed by atoms with Crippen molar-refractivity contribution in [1.29, 1.82) is 0 Å². The van der Waals surface area contributed by atoms with Gasteiger partial charge in [0.1, 0.15) is 5.82 Å². The molecule has 3 nitrogen and oxygen atoms in total. The van der Waals surface area contributed by atoms with E-state index in [1.807, 2.05) is 28.8 Å². The summed E-state index contributed by atoms with van der Waals surface area (Å²) in [6, 6.07) is 12.4. The summed E-state index contributed by atoms with van der Waals surface area (Å²) >= 11 is 5.97. The van der Waals surface area contributed by atoms with E-state index in [1.54, 1.807) is 12.1 Å². The van der Waals surface area contributed by atoms with Crippen molar-refractivity contribution in [2.75, 3.05) is 7.11 Å². The summed E-state index contributed by atoms with van der Waals surface area (Å²) in [4.78, 5) is 4.48. The zero-order chi connectivity index (χ0) is 14.1. The zero-order valence-electron chi connectivity index (χ0n) is 10.8. The predicted molar refractivity (Wildman–Crippen MR) is 77.1 cm³/mol. The smallest absolute Gasteiger partial charge is 0.165 e. The minimum atomic E-state index is -0.395. The Morgan fingerprint density at radius 2 is 2.05 bits per heavy atom. The quantitative estimate of drug-likeness (QED) is 0.684. The molecule has 0 saturated carbocycles. The molecule has 0 aliphatic rings. The lowest BCUT2D eigenvalue weighted by Gasteiger charge is -2.10. The molecule has 0 bridgehead atoms. The first-order chi connectivity index (χ1) is 9.74. The molecule has 1 aromatic heterocycles. The lowest BCUT2D eigenvalue weighted by molar-refractivity contribution is 0.386. The summed E-state index contributed by atoms with van der Waals surface area (Å²) in [6.45, 7) is 0. The standard InChI is InChI=1S/C15H12ClFN2O/c1-20-14-8-10(6-7-11(14)17)19-13-5-3-2-4-12(13)18-15(19)9-16/h2-8H,9H2,1H3. The van der Waals surface area contributed by atoms with E-state index in [1.165, 1.54) is 13.2 Å². The number of imidazole rings is 1. The Balaban J connectivity index is 2.28. The molecule has 0 fully saturated rings. The van der Waals surface area contributed by atoms with E-state index in [0.717, 1.165) is 16.7 Å². The van der Waals surface area contributed by atoms with E-state index in [9.17, 15) is 4.39 Å². The third-order valence-corrected chi connectivity index (χ3v) is 3.38. The average molecular weight is 291 g/mol. The molecule has 20 heavy (non-hydrogen) atoms. The van der Waals surface area contributed by atoms with Crippen molar-refractivity contribution in [3.63, 3.8) is 0 Å². The average Bonchev–Trinajstić information content (AvgIpc) is 2.86. The number of halogens is 2. The summed E-state index contributed by atoms with van der Waals surface area (Å²) in [5, 5.41) is 0. The van der Waals surface area contributed by atoms with Gasteiger partial charge in [0.05, 0.1) is 29.7 Å². The number of hydrogen-bond donors (Lipinski definition) is 0. The molecule has 0 spiro atoms. The lowest BCUT2D eigenvalue weighted by atomic mass is 10.2. The molecule has 0 aliphatic heterocycles. The number of ether oxygens (including phenoxy) is 1. The molecule has 1 heterocycles. The molecule has 0 unspecified atom stereocenters. The highest BCUT2D eigenvalue weighted by atomic mass is 35.5. The summed E-state index contributed by atoms with van der Waals surface area (Å²) in [5.41, 5.74) is 2.55. The Morgan fingerprint density at radius 1 is 1.25 bits per heavy atom. The second kappa shape index (κ2) is 5.13. The molecule has 0 amide bonds. The molecule has 2 aromatic carbocycles. The van der Waals surface area contributed by atoms with Gasteiger partial charge in [-0.2, -0.15) is 0 Å². The van der Waals surface area contributed by atoms with Crippen molar-refractivity contribution in [3.05, 3.63) is 54.1 Å². The monoisotopic (exact) mass is 290 g/mol. The van der Waals surface area contributed by atoms with Crippen molar-refractivity contribution in [3.8, 4) is 11.4 Å². The maximum Gasteiger partial charge on any atom is 0.165 e. The van der Waals surface area contributed by atoms with E-state index in [0.29, 0.717) is 5.82 Å². The number of methoxy groups -OCH3 is 1. The van der Waals surface area contributed by atoms with Gasteiger partial charge in [-0.15, -0.1) is 11.6 Å². The van der Waals surface area contributed by atoms with E-state index >= 15 is 0 Å². The van der Waals surface area contributed by atoms with Crippen LogP contribution in [0.2, 0.25) is 0 Å². The lowest BCUT2D eigenvalue weighted by Crippen LogP contribution is -2.00. The predicted octanol–water partition coefficient (Wildman–Crippen LogP) is 3.91. The molecule has 0 atom stereocenters. The van der Waals surface area contributed by atoms with E-state index < -0.39 is 5.82 Å². The highest BCUT2D eigenvalue weighted by Crippen LogP contribution is 2.26. The zero-order valence-corrected chi connectivity index (χ0v) is 11.6. The van der Waals surface area contributed by atoms with Gasteiger partial charge in [0, 0.05) is 6.07 Å². The van der Waals surface area contributed by atoms with E-state index in [-0.39, 0.29) is 11.6 Å². The van der Waals surface area contributed by atoms with Crippen LogP contribution in [0.3, 0.4) is 0 Å². The number of rotatable bonds is 3. The van der Waals surface area contributed by atoms with Crippen LogP contribution in [0.25, 0.3) is 16.7 Å². The third kappa shape index (κ3) is 2.02. The Hall–Kier alpha value is -2.07. The number of benzene rings is 2. The SMILES string of the molecule is COc1cc(-n2c(CCl)nc3ccccc32)ccc1F. The third-order valence-electron chi connectivity index (χ3n) is 3.14. The molecule has 0 radical (unpaired) electrons. The molecule has 0 N–H and O–H groups in total. The van der Waals surface area contributed by atoms with E-state index in [4.69, 9.17) is 16.3 Å². The first kappa shape index (κ1) is 12.9. The molecular formula is C15H12ClFN2O. The van der Waals surface area contributed by atoms with Gasteiger partial charge in [0.25, 0.3) is 0 Å². The highest BCUT2D eigenvalue weighted by Gasteiger charge is 2.13. The molecular weight excluding hydrogens is 279 g/mol. The molecule has 5 heteroatoms. The van der Waals surface area contributed by atoms with Gasteiger partial charge >= 0.3 is 0 Å². The first-order valence-corrected chi connectivity index (χ1v) is 6.64. The Morgan fingerprint density at radius 3 is 2.80 bits per heavy atom. The van der Waals surface area contributed by atoms with Gasteiger partial charge in [0.2, 0.25) is 0 Å². The van der Waals surface area contributed by atoms with Crippen LogP contribution in [0.4, 0.5) is 4.39 Å². The Labute approximate surface area is 120 Å². The maximum atomic E-state index is 13.5. The van der Waals surface area contributed by atoms with Gasteiger partial charge in [-0.05, 0) is 24.3 Å². The summed E-state index contributed by atoms with van der Waals surface area (Å²) in [7, 11) is 1.44. The van der Waals surface area contributed by atoms with Crippen LogP contribution >= 0.6 is 11.6 Å². The molecule has 0 saturated heterocycles. The summed E-state index contributed by atoms with van der Waals surface area (Å²) in [6.07, 6.45) is 0. The number of nitrogens with zero attached hydrogens (tertiary/aromatic N) is 2. The van der Waals surface area contributed by atoms with Crippen LogP contribution in [0.5, 0.6) is 5.75 Å². The van der Waals surface area contributed by atoms with Crippen LogP contribution in [-0.4, -0.2) is 16.7 Å². The summed E-state index contributed by atoms with van der Waals surface area (Å²) in [5.74, 6) is 0.782.